The molecule has 1 rings (SSSR count). The van der Waals surface area contributed by atoms with Crippen LogP contribution in [0.5, 0.6) is 0 Å². The van der Waals surface area contributed by atoms with E-state index < -0.39 is 10.2 Å². The van der Waals surface area contributed by atoms with Crippen molar-refractivity contribution in [3.8, 4) is 0 Å². The Morgan fingerprint density at radius 1 is 1.56 bits per heavy atom. The van der Waals surface area contributed by atoms with Crippen molar-refractivity contribution in [2.24, 2.45) is 11.1 Å². The summed E-state index contributed by atoms with van der Waals surface area (Å²) in [6.07, 6.45) is 1.27. The highest BCUT2D eigenvalue weighted by Crippen LogP contribution is 2.19. The van der Waals surface area contributed by atoms with Gasteiger partial charge in [0.1, 0.15) is 0 Å². The third kappa shape index (κ3) is 2.93. The van der Waals surface area contributed by atoms with Crippen LogP contribution in [0.3, 0.4) is 0 Å². The molecule has 94 valence electrons. The van der Waals surface area contributed by atoms with E-state index in [1.807, 2.05) is 6.92 Å². The number of rotatable bonds is 4. The summed E-state index contributed by atoms with van der Waals surface area (Å²) in [5.41, 5.74) is 0.699. The number of nitrogens with zero attached hydrogens (tertiary/aromatic N) is 2. The van der Waals surface area contributed by atoms with Crippen LogP contribution in [0.4, 0.5) is 0 Å². The fraction of sp³-hybridized carbons (Fsp3) is 0.889. The Bertz CT molecular complexity index is 353. The van der Waals surface area contributed by atoms with E-state index in [0.29, 0.717) is 31.8 Å². The molecule has 0 aromatic rings. The van der Waals surface area contributed by atoms with Crippen LogP contribution < -0.4 is 4.72 Å². The molecule has 1 unspecified atom stereocenters. The number of nitrogens with one attached hydrogen (secondary N) is 1. The van der Waals surface area contributed by atoms with Gasteiger partial charge in [-0.15, -0.1) is 0 Å². The van der Waals surface area contributed by atoms with E-state index in [1.165, 1.54) is 4.31 Å². The normalized spacial score (nSPS) is 26.1. The van der Waals surface area contributed by atoms with Gasteiger partial charge in [0, 0.05) is 32.0 Å². The van der Waals surface area contributed by atoms with Crippen LogP contribution in [0.2, 0.25) is 0 Å². The minimum Gasteiger partial charge on any atom is -0.411 e. The van der Waals surface area contributed by atoms with Gasteiger partial charge in [-0.2, -0.15) is 12.7 Å². The molecule has 0 aliphatic carbocycles. The van der Waals surface area contributed by atoms with Crippen molar-refractivity contribution < 1.29 is 13.6 Å². The van der Waals surface area contributed by atoms with E-state index in [2.05, 4.69) is 9.88 Å². The average Bonchev–Trinajstić information content (AvgIpc) is 2.28. The van der Waals surface area contributed by atoms with Crippen LogP contribution in [-0.4, -0.2) is 43.3 Å². The predicted octanol–water partition coefficient (Wildman–Crippen LogP) is 0.403. The Morgan fingerprint density at radius 3 is 2.75 bits per heavy atom. The second-order valence-corrected chi connectivity index (χ2v) is 5.56. The maximum Gasteiger partial charge on any atom is 0.279 e. The molecule has 2 N–H and O–H groups in total. The lowest BCUT2D eigenvalue weighted by Crippen LogP contribution is -2.48. The number of hydrogen-bond acceptors (Lipinski definition) is 4. The van der Waals surface area contributed by atoms with Gasteiger partial charge in [0.25, 0.3) is 10.2 Å². The van der Waals surface area contributed by atoms with Crippen molar-refractivity contribution in [1.82, 2.24) is 9.03 Å². The molecule has 1 atom stereocenters. The van der Waals surface area contributed by atoms with Crippen molar-refractivity contribution in [1.29, 1.82) is 0 Å². The van der Waals surface area contributed by atoms with E-state index in [1.54, 1.807) is 6.92 Å². The van der Waals surface area contributed by atoms with Crippen LogP contribution in [-0.2, 0) is 10.2 Å². The van der Waals surface area contributed by atoms with Gasteiger partial charge in [-0.05, 0) is 6.42 Å². The molecular weight excluding hydrogens is 230 g/mol. The van der Waals surface area contributed by atoms with E-state index in [0.717, 1.165) is 6.42 Å². The van der Waals surface area contributed by atoms with Crippen molar-refractivity contribution in [2.45, 2.75) is 26.7 Å². The quantitative estimate of drug-likeness (QED) is 0.559. The smallest absolute Gasteiger partial charge is 0.279 e. The van der Waals surface area contributed by atoms with Crippen molar-refractivity contribution in [3.05, 3.63) is 0 Å². The lowest BCUT2D eigenvalue weighted by Gasteiger charge is -2.31. The monoisotopic (exact) mass is 249 g/mol. The maximum absolute atomic E-state index is 11.8. The zero-order chi connectivity index (χ0) is 12.2. The van der Waals surface area contributed by atoms with E-state index >= 15 is 0 Å². The molecule has 0 amide bonds. The molecule has 1 heterocycles. The molecule has 0 spiro atoms. The molecule has 0 aromatic carbocycles. The summed E-state index contributed by atoms with van der Waals surface area (Å²) in [6.45, 7) is 4.87. The Labute approximate surface area is 96.5 Å². The molecule has 0 radical (unpaired) electrons. The minimum absolute atomic E-state index is 0.0205. The molecule has 6 nitrogen and oxygen atoms in total. The summed E-state index contributed by atoms with van der Waals surface area (Å²) in [7, 11) is -3.36. The van der Waals surface area contributed by atoms with Crippen molar-refractivity contribution in [3.63, 3.8) is 0 Å². The fourth-order valence-corrected chi connectivity index (χ4v) is 3.13. The Kier molecular flexibility index (Phi) is 4.69. The maximum atomic E-state index is 11.8. The highest BCUT2D eigenvalue weighted by molar-refractivity contribution is 7.87. The zero-order valence-corrected chi connectivity index (χ0v) is 10.5. The molecular formula is C9H19N3O3S. The van der Waals surface area contributed by atoms with Gasteiger partial charge in [-0.3, -0.25) is 0 Å². The first-order valence-corrected chi connectivity index (χ1v) is 6.94. The Morgan fingerprint density at radius 2 is 2.25 bits per heavy atom. The van der Waals surface area contributed by atoms with Crippen molar-refractivity contribution in [2.75, 3.05) is 19.6 Å². The SMILES string of the molecule is CCNS(=O)(=O)N1CCC(=NO)C(CC)C1. The van der Waals surface area contributed by atoms with Crippen LogP contribution in [0.15, 0.2) is 5.16 Å². The first kappa shape index (κ1) is 13.4. The highest BCUT2D eigenvalue weighted by atomic mass is 32.2. The third-order valence-corrected chi connectivity index (χ3v) is 4.47. The molecule has 1 saturated heterocycles. The molecule has 7 heteroatoms. The van der Waals surface area contributed by atoms with Crippen LogP contribution in [0.25, 0.3) is 0 Å². The van der Waals surface area contributed by atoms with Gasteiger partial charge >= 0.3 is 0 Å². The minimum atomic E-state index is -3.36. The highest BCUT2D eigenvalue weighted by Gasteiger charge is 2.31. The zero-order valence-electron chi connectivity index (χ0n) is 9.68. The molecule has 0 aromatic heterocycles. The van der Waals surface area contributed by atoms with Gasteiger partial charge in [0.2, 0.25) is 0 Å². The molecule has 1 aliphatic rings. The first-order valence-electron chi connectivity index (χ1n) is 5.50. The summed E-state index contributed by atoms with van der Waals surface area (Å²) in [4.78, 5) is 0. The molecule has 1 aliphatic heterocycles. The first-order chi connectivity index (χ1) is 7.55. The Hall–Kier alpha value is -0.660. The van der Waals surface area contributed by atoms with E-state index in [9.17, 15) is 8.42 Å². The predicted molar refractivity (Wildman–Crippen MR) is 61.8 cm³/mol. The van der Waals surface area contributed by atoms with E-state index in [4.69, 9.17) is 5.21 Å². The molecule has 1 fully saturated rings. The van der Waals surface area contributed by atoms with Crippen LogP contribution in [0.1, 0.15) is 26.7 Å². The molecule has 16 heavy (non-hydrogen) atoms. The number of hydrogen-bond donors (Lipinski definition) is 2. The number of oxime groups is 1. The van der Waals surface area contributed by atoms with Gasteiger partial charge in [-0.1, -0.05) is 19.0 Å². The summed E-state index contributed by atoms with van der Waals surface area (Å²) in [6, 6.07) is 0. The second-order valence-electron chi connectivity index (χ2n) is 3.81. The third-order valence-electron chi connectivity index (χ3n) is 2.80. The summed E-state index contributed by atoms with van der Waals surface area (Å²) in [5.74, 6) is 0.0205. The molecule has 0 bridgehead atoms. The summed E-state index contributed by atoms with van der Waals surface area (Å²) in [5, 5.41) is 12.0. The fourth-order valence-electron chi connectivity index (χ4n) is 1.87. The standard InChI is InChI=1S/C9H19N3O3S/c1-3-8-7-12(6-5-9(8)11-13)16(14,15)10-4-2/h8,10,13H,3-7H2,1-2H3. The van der Waals surface area contributed by atoms with Gasteiger partial charge < -0.3 is 5.21 Å². The topological polar surface area (TPSA) is 82.0 Å². The van der Waals surface area contributed by atoms with Crippen molar-refractivity contribution >= 4 is 15.9 Å². The molecule has 0 saturated carbocycles. The van der Waals surface area contributed by atoms with Crippen LogP contribution in [0, 0.1) is 5.92 Å². The van der Waals surface area contributed by atoms with Gasteiger partial charge in [0.15, 0.2) is 0 Å². The lowest BCUT2D eigenvalue weighted by molar-refractivity contribution is 0.295. The van der Waals surface area contributed by atoms with Gasteiger partial charge in [-0.25, -0.2) is 4.72 Å². The van der Waals surface area contributed by atoms with Gasteiger partial charge in [0.05, 0.1) is 5.71 Å². The summed E-state index contributed by atoms with van der Waals surface area (Å²) >= 11 is 0. The summed E-state index contributed by atoms with van der Waals surface area (Å²) < 4.78 is 27.4. The Balaban J connectivity index is 2.75. The lowest BCUT2D eigenvalue weighted by atomic mass is 9.95. The van der Waals surface area contributed by atoms with E-state index in [-0.39, 0.29) is 5.92 Å². The van der Waals surface area contributed by atoms with Crippen LogP contribution >= 0.6 is 0 Å². The number of piperidine rings is 1. The largest absolute Gasteiger partial charge is 0.411 e. The average molecular weight is 249 g/mol. The second kappa shape index (κ2) is 5.60.